The summed E-state index contributed by atoms with van der Waals surface area (Å²) >= 11 is 1.59. The van der Waals surface area contributed by atoms with Crippen LogP contribution < -0.4 is 0 Å². The van der Waals surface area contributed by atoms with Gasteiger partial charge in [0.1, 0.15) is 6.54 Å². The summed E-state index contributed by atoms with van der Waals surface area (Å²) in [6.07, 6.45) is 2.35. The van der Waals surface area contributed by atoms with Crippen LogP contribution in [-0.4, -0.2) is 47.0 Å². The van der Waals surface area contributed by atoms with Crippen LogP contribution >= 0.6 is 11.8 Å². The molecule has 0 aliphatic rings. The minimum Gasteiger partial charge on any atom is -0.480 e. The van der Waals surface area contributed by atoms with Crippen LogP contribution in [-0.2, 0) is 9.59 Å². The molecule has 0 heterocycles. The number of hydrogen-bond acceptors (Lipinski definition) is 3. The molecule has 5 heteroatoms. The summed E-state index contributed by atoms with van der Waals surface area (Å²) in [5.74, 6) is 0.0173. The highest BCUT2D eigenvalue weighted by Crippen LogP contribution is 2.04. The number of nitrogens with zero attached hydrogens (tertiary/aromatic N) is 1. The highest BCUT2D eigenvalue weighted by Gasteiger charge is 2.16. The van der Waals surface area contributed by atoms with Crippen molar-refractivity contribution < 1.29 is 14.7 Å². The molecule has 15 heavy (non-hydrogen) atoms. The van der Waals surface area contributed by atoms with E-state index in [0.717, 1.165) is 5.75 Å². The van der Waals surface area contributed by atoms with Crippen molar-refractivity contribution in [1.82, 2.24) is 4.90 Å². The Balaban J connectivity index is 4.20. The summed E-state index contributed by atoms with van der Waals surface area (Å²) in [5, 5.41) is 8.67. The van der Waals surface area contributed by atoms with Crippen molar-refractivity contribution in [2.24, 2.45) is 5.92 Å². The molecule has 0 spiro atoms. The lowest BCUT2D eigenvalue weighted by molar-refractivity contribution is -0.144. The Morgan fingerprint density at radius 3 is 2.40 bits per heavy atom. The van der Waals surface area contributed by atoms with Gasteiger partial charge >= 0.3 is 5.97 Å². The molecule has 88 valence electrons. The molecule has 0 atom stereocenters. The topological polar surface area (TPSA) is 57.6 Å². The van der Waals surface area contributed by atoms with Crippen LogP contribution in [0.15, 0.2) is 0 Å². The second-order valence-corrected chi connectivity index (χ2v) is 4.79. The van der Waals surface area contributed by atoms with Gasteiger partial charge in [-0.15, -0.1) is 0 Å². The number of thioether (sulfide) groups is 1. The average Bonchev–Trinajstić information content (AvgIpc) is 2.11. The van der Waals surface area contributed by atoms with Crippen LogP contribution in [0, 0.1) is 5.92 Å². The molecule has 0 saturated heterocycles. The zero-order valence-corrected chi connectivity index (χ0v) is 10.3. The molecule has 0 aliphatic carbocycles. The number of carboxylic acids is 1. The summed E-state index contributed by atoms with van der Waals surface area (Å²) in [6.45, 7) is 4.26. The lowest BCUT2D eigenvalue weighted by Gasteiger charge is -2.22. The fraction of sp³-hybridized carbons (Fsp3) is 0.800. The third-order valence-electron chi connectivity index (χ3n) is 1.78. The van der Waals surface area contributed by atoms with Gasteiger partial charge in [0.25, 0.3) is 0 Å². The largest absolute Gasteiger partial charge is 0.480 e. The van der Waals surface area contributed by atoms with Gasteiger partial charge < -0.3 is 10.0 Å². The first-order chi connectivity index (χ1) is 6.97. The van der Waals surface area contributed by atoms with Crippen molar-refractivity contribution in [3.05, 3.63) is 0 Å². The quantitative estimate of drug-likeness (QED) is 0.720. The standard InChI is InChI=1S/C10H19NO3S/c1-8(2)6-11(7-10(13)14)9(12)4-5-15-3/h8H,4-7H2,1-3H3,(H,13,14). The van der Waals surface area contributed by atoms with Gasteiger partial charge in [0.15, 0.2) is 0 Å². The summed E-state index contributed by atoms with van der Waals surface area (Å²) in [6, 6.07) is 0. The second kappa shape index (κ2) is 7.56. The summed E-state index contributed by atoms with van der Waals surface area (Å²) in [4.78, 5) is 23.6. The second-order valence-electron chi connectivity index (χ2n) is 3.80. The Kier molecular flexibility index (Phi) is 7.21. The molecule has 0 aliphatic heterocycles. The molecule has 0 aromatic carbocycles. The number of carboxylic acid groups (broad SMARTS) is 1. The van der Waals surface area contributed by atoms with Gasteiger partial charge in [0.05, 0.1) is 0 Å². The summed E-state index contributed by atoms with van der Waals surface area (Å²) < 4.78 is 0. The fourth-order valence-electron chi connectivity index (χ4n) is 1.21. The highest BCUT2D eigenvalue weighted by atomic mass is 32.2. The van der Waals surface area contributed by atoms with E-state index in [4.69, 9.17) is 5.11 Å². The Morgan fingerprint density at radius 1 is 1.40 bits per heavy atom. The van der Waals surface area contributed by atoms with E-state index < -0.39 is 5.97 Å². The number of amides is 1. The summed E-state index contributed by atoms with van der Waals surface area (Å²) in [5.41, 5.74) is 0. The van der Waals surface area contributed by atoms with E-state index in [0.29, 0.717) is 18.9 Å². The van der Waals surface area contributed by atoms with Crippen LogP contribution in [0.25, 0.3) is 0 Å². The van der Waals surface area contributed by atoms with E-state index in [-0.39, 0.29) is 12.5 Å². The van der Waals surface area contributed by atoms with Crippen LogP contribution in [0.4, 0.5) is 0 Å². The van der Waals surface area contributed by atoms with Gasteiger partial charge in [-0.3, -0.25) is 9.59 Å². The van der Waals surface area contributed by atoms with Gasteiger partial charge in [0.2, 0.25) is 5.91 Å². The van der Waals surface area contributed by atoms with Gasteiger partial charge in [-0.25, -0.2) is 0 Å². The molecule has 0 bridgehead atoms. The molecule has 0 unspecified atom stereocenters. The molecule has 0 radical (unpaired) electrons. The predicted molar refractivity (Wildman–Crippen MR) is 62.1 cm³/mol. The maximum absolute atomic E-state index is 11.6. The molecule has 0 aromatic heterocycles. The van der Waals surface area contributed by atoms with E-state index in [1.807, 2.05) is 20.1 Å². The van der Waals surface area contributed by atoms with Crippen LogP contribution in [0.1, 0.15) is 20.3 Å². The number of carbonyl (C=O) groups is 2. The number of rotatable bonds is 7. The fourth-order valence-corrected chi connectivity index (χ4v) is 1.58. The third-order valence-corrected chi connectivity index (χ3v) is 2.40. The Bertz CT molecular complexity index is 219. The van der Waals surface area contributed by atoms with Crippen molar-refractivity contribution in [1.29, 1.82) is 0 Å². The highest BCUT2D eigenvalue weighted by molar-refractivity contribution is 7.98. The molecule has 0 fully saturated rings. The zero-order chi connectivity index (χ0) is 11.8. The third kappa shape index (κ3) is 7.25. The van der Waals surface area contributed by atoms with E-state index in [9.17, 15) is 9.59 Å². The van der Waals surface area contributed by atoms with Gasteiger partial charge in [-0.1, -0.05) is 13.8 Å². The first-order valence-electron chi connectivity index (χ1n) is 4.95. The maximum Gasteiger partial charge on any atom is 0.323 e. The summed E-state index contributed by atoms with van der Waals surface area (Å²) in [7, 11) is 0. The predicted octanol–water partition coefficient (Wildman–Crippen LogP) is 1.31. The Labute approximate surface area is 95.0 Å². The zero-order valence-electron chi connectivity index (χ0n) is 9.52. The molecule has 0 aromatic rings. The normalized spacial score (nSPS) is 10.4. The van der Waals surface area contributed by atoms with Gasteiger partial charge in [-0.2, -0.15) is 11.8 Å². The van der Waals surface area contributed by atoms with E-state index in [2.05, 4.69) is 0 Å². The molecule has 4 nitrogen and oxygen atoms in total. The van der Waals surface area contributed by atoms with Gasteiger partial charge in [-0.05, 0) is 12.2 Å². The number of carbonyl (C=O) groups excluding carboxylic acids is 1. The molecule has 1 N–H and O–H groups in total. The minimum atomic E-state index is -0.951. The monoisotopic (exact) mass is 233 g/mol. The van der Waals surface area contributed by atoms with Crippen molar-refractivity contribution in [2.45, 2.75) is 20.3 Å². The van der Waals surface area contributed by atoms with E-state index in [1.165, 1.54) is 4.90 Å². The van der Waals surface area contributed by atoms with Crippen LogP contribution in [0.2, 0.25) is 0 Å². The number of hydrogen-bond donors (Lipinski definition) is 1. The van der Waals surface area contributed by atoms with Crippen LogP contribution in [0.3, 0.4) is 0 Å². The van der Waals surface area contributed by atoms with Crippen LogP contribution in [0.5, 0.6) is 0 Å². The van der Waals surface area contributed by atoms with E-state index >= 15 is 0 Å². The first kappa shape index (κ1) is 14.3. The number of aliphatic carboxylic acids is 1. The van der Waals surface area contributed by atoms with Gasteiger partial charge in [0, 0.05) is 18.7 Å². The molecule has 1 amide bonds. The van der Waals surface area contributed by atoms with Crippen molar-refractivity contribution >= 4 is 23.6 Å². The SMILES string of the molecule is CSCCC(=O)N(CC(=O)O)CC(C)C. The Hall–Kier alpha value is -0.710. The first-order valence-corrected chi connectivity index (χ1v) is 6.35. The maximum atomic E-state index is 11.6. The lowest BCUT2D eigenvalue weighted by atomic mass is 10.2. The minimum absolute atomic E-state index is 0.0690. The average molecular weight is 233 g/mol. The molecular formula is C10H19NO3S. The smallest absolute Gasteiger partial charge is 0.323 e. The molecule has 0 saturated carbocycles. The van der Waals surface area contributed by atoms with Crippen molar-refractivity contribution in [3.63, 3.8) is 0 Å². The van der Waals surface area contributed by atoms with E-state index in [1.54, 1.807) is 11.8 Å². The Morgan fingerprint density at radius 2 is 2.00 bits per heavy atom. The lowest BCUT2D eigenvalue weighted by Crippen LogP contribution is -2.38. The molecular weight excluding hydrogens is 214 g/mol. The van der Waals surface area contributed by atoms with Crippen molar-refractivity contribution in [2.75, 3.05) is 25.1 Å². The van der Waals surface area contributed by atoms with Crippen molar-refractivity contribution in [3.8, 4) is 0 Å². The molecule has 0 rings (SSSR count).